The summed E-state index contributed by atoms with van der Waals surface area (Å²) in [7, 11) is 0. The molecule has 1 heterocycles. The van der Waals surface area contributed by atoms with E-state index in [1.54, 1.807) is 4.70 Å². The fourth-order valence-corrected chi connectivity index (χ4v) is 6.92. The van der Waals surface area contributed by atoms with E-state index in [4.69, 9.17) is 10.2 Å². The van der Waals surface area contributed by atoms with Crippen molar-refractivity contribution in [2.24, 2.45) is 0 Å². The van der Waals surface area contributed by atoms with Crippen LogP contribution in [0.2, 0.25) is 0 Å². The first-order valence-corrected chi connectivity index (χ1v) is 20.9. The van der Waals surface area contributed by atoms with Crippen LogP contribution in [-0.2, 0) is 55.4 Å². The Hall–Kier alpha value is -3.63. The molecule has 0 saturated heterocycles. The number of aliphatic hydroxyl groups excluding tert-OH is 2. The molecular weight excluding hydrogens is 719 g/mol. The molecule has 5 heteroatoms. The summed E-state index contributed by atoms with van der Waals surface area (Å²) in [5.41, 5.74) is 26.7. The quantitative estimate of drug-likeness (QED) is 0.0779. The zero-order valence-electron chi connectivity index (χ0n) is 34.7. The first-order chi connectivity index (χ1) is 26.4. The van der Waals surface area contributed by atoms with Crippen LogP contribution in [0.4, 0.5) is 0 Å². The van der Waals surface area contributed by atoms with Crippen LogP contribution in [0.1, 0.15) is 150 Å². The average molecular weight is 788 g/mol. The Labute approximate surface area is 344 Å². The smallest absolute Gasteiger partial charge is 0.211 e. The van der Waals surface area contributed by atoms with Gasteiger partial charge in [0.1, 0.15) is 0 Å². The Balaban J connectivity index is 0.000000503. The molecule has 4 aromatic carbocycles. The van der Waals surface area contributed by atoms with Crippen molar-refractivity contribution >= 4 is 11.4 Å². The Kier molecular flexibility index (Phi) is 23.4. The molecule has 0 amide bonds. The Morgan fingerprint density at radius 1 is 0.436 bits per heavy atom. The number of nitrogens with zero attached hydrogens (tertiary/aromatic N) is 2. The van der Waals surface area contributed by atoms with Crippen LogP contribution in [0.5, 0.6) is 0 Å². The predicted octanol–water partition coefficient (Wildman–Crippen LogP) is 13.4. The Morgan fingerprint density at radius 2 is 0.764 bits per heavy atom. The monoisotopic (exact) mass is 786 g/mol. The normalized spacial score (nSPS) is 12.2. The van der Waals surface area contributed by atoms with E-state index in [1.165, 1.54) is 70.2 Å². The topological polar surface area (TPSA) is 65.8 Å². The van der Waals surface area contributed by atoms with Crippen LogP contribution < -0.4 is 0 Å². The Bertz CT molecular complexity index is 1670. The van der Waals surface area contributed by atoms with Crippen LogP contribution in [0.25, 0.3) is 16.9 Å². The van der Waals surface area contributed by atoms with Crippen LogP contribution in [0.3, 0.4) is 0 Å². The van der Waals surface area contributed by atoms with E-state index in [-0.39, 0.29) is 29.7 Å². The fraction of sp³-hybridized carbons (Fsp3) is 0.440. The molecule has 55 heavy (non-hydrogen) atoms. The van der Waals surface area contributed by atoms with Crippen LogP contribution in [0.15, 0.2) is 108 Å². The average Bonchev–Trinajstić information content (AvgIpc) is 3.51. The largest absolute Gasteiger partial charge is 0.493 e. The molecule has 0 fully saturated rings. The van der Waals surface area contributed by atoms with Gasteiger partial charge >= 0.3 is 0 Å². The third kappa shape index (κ3) is 15.1. The number of unbranched alkanes of at least 4 members (excludes halogenated alkanes) is 4. The maximum Gasteiger partial charge on any atom is 0.211 e. The number of hydrogen-bond donors (Lipinski definition) is 2. The second-order valence-electron chi connectivity index (χ2n) is 14.5. The number of aryl methyl sites for hydroxylation is 4. The van der Waals surface area contributed by atoms with Crippen LogP contribution in [0, 0.1) is 0 Å². The fourth-order valence-electron chi connectivity index (χ4n) is 6.92. The van der Waals surface area contributed by atoms with E-state index in [0.29, 0.717) is 0 Å². The predicted molar refractivity (Wildman–Crippen MR) is 230 cm³/mol. The second kappa shape index (κ2) is 27.1. The molecule has 4 aromatic rings. The van der Waals surface area contributed by atoms with Gasteiger partial charge in [-0.2, -0.15) is 0 Å². The molecule has 5 rings (SSSR count). The molecule has 1 aliphatic rings. The van der Waals surface area contributed by atoms with E-state index >= 15 is 0 Å². The number of aliphatic hydroxyl groups is 2. The molecule has 0 saturated carbocycles. The summed E-state index contributed by atoms with van der Waals surface area (Å²) >= 11 is 0. The molecule has 0 bridgehead atoms. The number of allylic oxidation sites excluding steroid dienone is 2. The number of hydrogen-bond acceptors (Lipinski definition) is 2. The van der Waals surface area contributed by atoms with Gasteiger partial charge in [0.15, 0.2) is 0 Å². The molecule has 0 spiro atoms. The van der Waals surface area contributed by atoms with Crippen molar-refractivity contribution in [2.75, 3.05) is 0 Å². The maximum atomic E-state index is 12.1. The van der Waals surface area contributed by atoms with Crippen molar-refractivity contribution in [2.45, 2.75) is 145 Å². The van der Waals surface area contributed by atoms with Crippen LogP contribution in [-0.4, -0.2) is 14.9 Å². The molecular formula is C50H68N2NiO2. The van der Waals surface area contributed by atoms with Gasteiger partial charge in [-0.3, -0.25) is 0 Å². The van der Waals surface area contributed by atoms with Crippen LogP contribution >= 0.6 is 0 Å². The van der Waals surface area contributed by atoms with Gasteiger partial charge in [0.05, 0.1) is 13.2 Å². The van der Waals surface area contributed by atoms with E-state index in [9.17, 15) is 5.53 Å². The standard InChI is InChI=1S/C36H52N2.2C7H8O.Ni/c1-7-13-17-29-22-30(18-14-8-2)26-32(25-29)36-34(20-16-10-4)33(19-15-9-3)35(38(36)37)31-23-27(11-5)21-28(12-6)24-31;2*8-6-7-4-2-1-3-5-7;/h21-26H,7-20H2,1-6H3;2*1-5,8H,6H2;. The molecule has 1 aliphatic heterocycles. The van der Waals surface area contributed by atoms with Gasteiger partial charge in [0.2, 0.25) is 11.4 Å². The van der Waals surface area contributed by atoms with Crippen molar-refractivity contribution in [3.63, 3.8) is 0 Å². The molecule has 300 valence electrons. The van der Waals surface area contributed by atoms with E-state index in [2.05, 4.69) is 77.9 Å². The first-order valence-electron chi connectivity index (χ1n) is 20.9. The summed E-state index contributed by atoms with van der Waals surface area (Å²) in [5.74, 6) is 0. The summed E-state index contributed by atoms with van der Waals surface area (Å²) < 4.78 is 1.59. The Morgan fingerprint density at radius 3 is 1.07 bits per heavy atom. The van der Waals surface area contributed by atoms with Crippen molar-refractivity contribution in [1.29, 1.82) is 0 Å². The third-order valence-corrected chi connectivity index (χ3v) is 10.1. The van der Waals surface area contributed by atoms with Gasteiger partial charge < -0.3 is 15.7 Å². The minimum Gasteiger partial charge on any atom is -0.493 e. The number of benzene rings is 4. The summed E-state index contributed by atoms with van der Waals surface area (Å²) in [5, 5.41) is 17.1. The van der Waals surface area contributed by atoms with Gasteiger partial charge in [-0.25, -0.2) is 4.70 Å². The summed E-state index contributed by atoms with van der Waals surface area (Å²) in [6, 6.07) is 33.2. The first kappa shape index (κ1) is 47.5. The van der Waals surface area contributed by atoms with Crippen molar-refractivity contribution in [3.05, 3.63) is 158 Å². The van der Waals surface area contributed by atoms with Gasteiger partial charge in [-0.15, -0.1) is 0 Å². The third-order valence-electron chi connectivity index (χ3n) is 10.1. The minimum atomic E-state index is 0. The number of rotatable bonds is 18. The molecule has 0 unspecified atom stereocenters. The second-order valence-corrected chi connectivity index (χ2v) is 14.5. The zero-order chi connectivity index (χ0) is 39.1. The molecule has 4 nitrogen and oxygen atoms in total. The van der Waals surface area contributed by atoms with Gasteiger partial charge in [-0.05, 0) is 122 Å². The van der Waals surface area contributed by atoms with Gasteiger partial charge in [0, 0.05) is 38.8 Å². The van der Waals surface area contributed by atoms with E-state index in [1.807, 2.05) is 60.7 Å². The minimum absolute atomic E-state index is 0. The van der Waals surface area contributed by atoms with Gasteiger partial charge in [0.25, 0.3) is 0 Å². The van der Waals surface area contributed by atoms with E-state index < -0.39 is 0 Å². The molecule has 2 N–H and O–H groups in total. The SMILES string of the molecule is CCCCC1=C(c2cc(CC)cc(CC)c2)[N+](=[N-])C(c2cc(CCCC)cc(CCCC)c2)=C1CCCC.OCc1ccccc1.OCc1ccccc1.[Ni]. The summed E-state index contributed by atoms with van der Waals surface area (Å²) in [6.45, 7) is 13.8. The zero-order valence-corrected chi connectivity index (χ0v) is 35.6. The molecule has 0 aromatic heterocycles. The van der Waals surface area contributed by atoms with Crippen molar-refractivity contribution in [1.82, 2.24) is 0 Å². The molecule has 0 atom stereocenters. The molecule has 0 radical (unpaired) electrons. The summed E-state index contributed by atoms with van der Waals surface area (Å²) in [4.78, 5) is 0. The summed E-state index contributed by atoms with van der Waals surface area (Å²) in [6.07, 6.45) is 15.7. The van der Waals surface area contributed by atoms with Gasteiger partial charge in [-0.1, -0.05) is 140 Å². The van der Waals surface area contributed by atoms with Crippen molar-refractivity contribution < 1.29 is 31.4 Å². The van der Waals surface area contributed by atoms with E-state index in [0.717, 1.165) is 86.7 Å². The van der Waals surface area contributed by atoms with Crippen molar-refractivity contribution in [3.8, 4) is 0 Å². The maximum absolute atomic E-state index is 12.1. The molecule has 0 aliphatic carbocycles.